The normalized spacial score (nSPS) is 9.85. The zero-order valence-electron chi connectivity index (χ0n) is 10.2. The summed E-state index contributed by atoms with van der Waals surface area (Å²) in [6.45, 7) is 0. The van der Waals surface area contributed by atoms with Gasteiger partial charge in [0.15, 0.2) is 5.11 Å². The largest absolute Gasteiger partial charge is 0.332 e. The Morgan fingerprint density at radius 2 is 1.75 bits per heavy atom. The van der Waals surface area contributed by atoms with Gasteiger partial charge in [0, 0.05) is 21.4 Å². The van der Waals surface area contributed by atoms with Crippen LogP contribution in [-0.4, -0.2) is 10.0 Å². The first-order chi connectivity index (χ1) is 9.56. The van der Waals surface area contributed by atoms with E-state index >= 15 is 0 Å². The van der Waals surface area contributed by atoms with Crippen LogP contribution in [0.25, 0.3) is 0 Å². The molecule has 2 aromatic carbocycles. The average Bonchev–Trinajstić information content (AvgIpc) is 2.42. The number of anilines is 2. The zero-order valence-corrected chi connectivity index (χ0v) is 13.1. The molecule has 0 aromatic heterocycles. The minimum atomic E-state index is -0.438. The summed E-state index contributed by atoms with van der Waals surface area (Å²) in [6, 6.07) is 13.8. The Morgan fingerprint density at radius 3 is 2.35 bits per heavy atom. The Balaban J connectivity index is 2.01. The molecule has 0 spiro atoms. The summed E-state index contributed by atoms with van der Waals surface area (Å²) < 4.78 is 1.05. The quantitative estimate of drug-likeness (QED) is 0.354. The van der Waals surface area contributed by atoms with Gasteiger partial charge in [0.2, 0.25) is 0 Å². The number of rotatable bonds is 3. The maximum atomic E-state index is 10.6. The van der Waals surface area contributed by atoms with Gasteiger partial charge in [0.25, 0.3) is 5.69 Å². The van der Waals surface area contributed by atoms with Crippen molar-refractivity contribution in [2.24, 2.45) is 0 Å². The Bertz CT molecular complexity index is 646. The van der Waals surface area contributed by atoms with Gasteiger partial charge in [-0.15, -0.1) is 0 Å². The topological polar surface area (TPSA) is 67.2 Å². The van der Waals surface area contributed by atoms with Crippen molar-refractivity contribution in [3.8, 4) is 0 Å². The van der Waals surface area contributed by atoms with E-state index in [0.29, 0.717) is 10.8 Å². The van der Waals surface area contributed by atoms with Gasteiger partial charge in [0.1, 0.15) is 0 Å². The van der Waals surface area contributed by atoms with Crippen molar-refractivity contribution in [2.75, 3.05) is 10.6 Å². The molecule has 0 heterocycles. The number of thiocarbonyl (C=S) groups is 1. The summed E-state index contributed by atoms with van der Waals surface area (Å²) in [7, 11) is 0. The predicted molar refractivity (Wildman–Crippen MR) is 92.1 cm³/mol. The number of nitrogens with zero attached hydrogens (tertiary/aromatic N) is 1. The number of nitro groups is 1. The fourth-order valence-corrected chi connectivity index (χ4v) is 2.26. The van der Waals surface area contributed by atoms with Crippen molar-refractivity contribution < 1.29 is 4.92 Å². The molecule has 7 heteroatoms. The molecule has 0 fully saturated rings. The number of para-hydroxylation sites is 1. The number of hydrogen-bond donors (Lipinski definition) is 2. The highest BCUT2D eigenvalue weighted by Gasteiger charge is 2.05. The first kappa shape index (κ1) is 14.7. The summed E-state index contributed by atoms with van der Waals surface area (Å²) in [5.41, 5.74) is 1.65. The summed E-state index contributed by atoms with van der Waals surface area (Å²) in [5.74, 6) is 0. The average molecular weight is 399 g/mol. The van der Waals surface area contributed by atoms with Crippen LogP contribution in [-0.2, 0) is 0 Å². The molecule has 0 aliphatic heterocycles. The zero-order chi connectivity index (χ0) is 14.5. The highest BCUT2D eigenvalue weighted by atomic mass is 127. The smallest absolute Gasteiger partial charge is 0.269 e. The highest BCUT2D eigenvalue weighted by molar-refractivity contribution is 14.1. The molecule has 0 radical (unpaired) electrons. The maximum absolute atomic E-state index is 10.6. The van der Waals surface area contributed by atoms with Gasteiger partial charge in [0.05, 0.1) is 10.6 Å². The molecule has 0 saturated carbocycles. The van der Waals surface area contributed by atoms with Gasteiger partial charge < -0.3 is 10.6 Å². The van der Waals surface area contributed by atoms with Crippen LogP contribution in [0.2, 0.25) is 0 Å². The lowest BCUT2D eigenvalue weighted by molar-refractivity contribution is -0.384. The van der Waals surface area contributed by atoms with Crippen LogP contribution < -0.4 is 10.6 Å². The second-order valence-corrected chi connectivity index (χ2v) is 5.43. The third-order valence-electron chi connectivity index (χ3n) is 2.46. The Labute approximate surface area is 134 Å². The van der Waals surface area contributed by atoms with E-state index in [1.807, 2.05) is 24.3 Å². The van der Waals surface area contributed by atoms with Crippen LogP contribution in [0.5, 0.6) is 0 Å². The van der Waals surface area contributed by atoms with E-state index in [-0.39, 0.29) is 5.69 Å². The molecule has 0 aliphatic carbocycles. The number of halogens is 1. The number of hydrogen-bond acceptors (Lipinski definition) is 3. The molecule has 20 heavy (non-hydrogen) atoms. The third-order valence-corrected chi connectivity index (χ3v) is 3.60. The summed E-state index contributed by atoms with van der Waals surface area (Å²) in [6.07, 6.45) is 0. The lowest BCUT2D eigenvalue weighted by atomic mass is 10.3. The lowest BCUT2D eigenvalue weighted by Crippen LogP contribution is -2.19. The van der Waals surface area contributed by atoms with Crippen molar-refractivity contribution in [2.45, 2.75) is 0 Å². The number of nitro benzene ring substituents is 1. The number of nitrogens with one attached hydrogen (secondary N) is 2. The van der Waals surface area contributed by atoms with Gasteiger partial charge >= 0.3 is 0 Å². The standard InChI is InChI=1S/C13H10IN3O2S/c14-11-3-1-2-4-12(11)16-13(20)15-9-5-7-10(8-6-9)17(18)19/h1-8H,(H2,15,16,20). The second-order valence-electron chi connectivity index (χ2n) is 3.86. The molecule has 0 atom stereocenters. The van der Waals surface area contributed by atoms with E-state index in [4.69, 9.17) is 12.2 Å². The summed E-state index contributed by atoms with van der Waals surface area (Å²) >= 11 is 7.41. The van der Waals surface area contributed by atoms with E-state index in [9.17, 15) is 10.1 Å². The van der Waals surface area contributed by atoms with Crippen LogP contribution in [0, 0.1) is 13.7 Å². The molecule has 0 aliphatic rings. The fraction of sp³-hybridized carbons (Fsp3) is 0. The van der Waals surface area contributed by atoms with Gasteiger partial charge in [-0.25, -0.2) is 0 Å². The van der Waals surface area contributed by atoms with E-state index in [0.717, 1.165) is 9.26 Å². The molecule has 0 saturated heterocycles. The minimum Gasteiger partial charge on any atom is -0.332 e. The van der Waals surface area contributed by atoms with Gasteiger partial charge in [-0.05, 0) is 59.1 Å². The molecule has 102 valence electrons. The molecular formula is C13H10IN3O2S. The number of non-ortho nitro benzene ring substituents is 1. The second kappa shape index (κ2) is 6.62. The number of benzene rings is 2. The van der Waals surface area contributed by atoms with Crippen LogP contribution in [0.1, 0.15) is 0 Å². The van der Waals surface area contributed by atoms with Crippen LogP contribution in [0.3, 0.4) is 0 Å². The molecule has 2 rings (SSSR count). The predicted octanol–water partition coefficient (Wildman–Crippen LogP) is 4.01. The molecule has 0 amide bonds. The summed E-state index contributed by atoms with van der Waals surface area (Å²) in [4.78, 5) is 10.1. The van der Waals surface area contributed by atoms with Crippen molar-refractivity contribution in [1.29, 1.82) is 0 Å². The Kier molecular flexibility index (Phi) is 4.85. The monoisotopic (exact) mass is 399 g/mol. The van der Waals surface area contributed by atoms with Crippen molar-refractivity contribution in [3.05, 3.63) is 62.2 Å². The first-order valence-corrected chi connectivity index (χ1v) is 7.12. The molecular weight excluding hydrogens is 389 g/mol. The van der Waals surface area contributed by atoms with E-state index < -0.39 is 4.92 Å². The molecule has 2 aromatic rings. The fourth-order valence-electron chi connectivity index (χ4n) is 1.51. The van der Waals surface area contributed by atoms with Crippen LogP contribution >= 0.6 is 34.8 Å². The van der Waals surface area contributed by atoms with Crippen molar-refractivity contribution in [3.63, 3.8) is 0 Å². The van der Waals surface area contributed by atoms with Gasteiger partial charge in [-0.2, -0.15) is 0 Å². The lowest BCUT2D eigenvalue weighted by Gasteiger charge is -2.11. The first-order valence-electron chi connectivity index (χ1n) is 5.63. The highest BCUT2D eigenvalue weighted by Crippen LogP contribution is 2.18. The molecule has 5 nitrogen and oxygen atoms in total. The Morgan fingerprint density at radius 1 is 1.10 bits per heavy atom. The molecule has 0 bridgehead atoms. The third kappa shape index (κ3) is 3.87. The van der Waals surface area contributed by atoms with Gasteiger partial charge in [-0.1, -0.05) is 12.1 Å². The van der Waals surface area contributed by atoms with Crippen molar-refractivity contribution >= 4 is 57.0 Å². The molecule has 2 N–H and O–H groups in total. The van der Waals surface area contributed by atoms with Crippen LogP contribution in [0.4, 0.5) is 17.1 Å². The van der Waals surface area contributed by atoms with E-state index in [1.165, 1.54) is 12.1 Å². The van der Waals surface area contributed by atoms with Crippen molar-refractivity contribution in [1.82, 2.24) is 0 Å². The minimum absolute atomic E-state index is 0.0482. The van der Waals surface area contributed by atoms with Gasteiger partial charge in [-0.3, -0.25) is 10.1 Å². The van der Waals surface area contributed by atoms with E-state index in [2.05, 4.69) is 33.2 Å². The SMILES string of the molecule is O=[N+]([O-])c1ccc(NC(=S)Nc2ccccc2I)cc1. The van der Waals surface area contributed by atoms with Crippen LogP contribution in [0.15, 0.2) is 48.5 Å². The molecule has 0 unspecified atom stereocenters. The Hall–Kier alpha value is -1.74. The maximum Gasteiger partial charge on any atom is 0.269 e. The summed E-state index contributed by atoms with van der Waals surface area (Å²) in [5, 5.41) is 17.0. The van der Waals surface area contributed by atoms with E-state index in [1.54, 1.807) is 12.1 Å².